The zero-order valence-electron chi connectivity index (χ0n) is 17.8. The van der Waals surface area contributed by atoms with E-state index in [2.05, 4.69) is 29.4 Å². The number of aromatic nitrogens is 3. The van der Waals surface area contributed by atoms with Gasteiger partial charge in [0.2, 0.25) is 5.91 Å². The van der Waals surface area contributed by atoms with Gasteiger partial charge < -0.3 is 19.2 Å². The fraction of sp³-hybridized carbons (Fsp3) is 0.409. The standard InChI is InChI=1S/C22H26N4O4S/c1-14(2)21-24-25-22(26(21)12-17-5-4-8-28-17)31-13-20(27)23-15(3)16-6-7-18-19(11-16)30-10-9-29-18/h4-8,11,14-15H,9-10,12-13H2,1-3H3,(H,23,27). The quantitative estimate of drug-likeness (QED) is 0.531. The number of carbonyl (C=O) groups is 1. The molecule has 1 aliphatic heterocycles. The second kappa shape index (κ2) is 9.47. The normalized spacial score (nSPS) is 13.9. The van der Waals surface area contributed by atoms with Crippen molar-refractivity contribution in [1.82, 2.24) is 20.1 Å². The van der Waals surface area contributed by atoms with Crippen LogP contribution in [0.3, 0.4) is 0 Å². The summed E-state index contributed by atoms with van der Waals surface area (Å²) in [6.45, 7) is 7.71. The number of hydrogen-bond donors (Lipinski definition) is 1. The molecule has 2 aromatic heterocycles. The highest BCUT2D eigenvalue weighted by atomic mass is 32.2. The summed E-state index contributed by atoms with van der Waals surface area (Å²) in [5.41, 5.74) is 0.964. The first-order chi connectivity index (χ1) is 15.0. The molecule has 3 heterocycles. The number of ether oxygens (including phenoxy) is 2. The molecule has 0 radical (unpaired) electrons. The molecule has 0 saturated carbocycles. The van der Waals surface area contributed by atoms with E-state index in [-0.39, 0.29) is 23.6 Å². The Kier molecular flexibility index (Phi) is 6.50. The topological polar surface area (TPSA) is 91.4 Å². The van der Waals surface area contributed by atoms with Crippen molar-refractivity contribution in [3.8, 4) is 11.5 Å². The van der Waals surface area contributed by atoms with Gasteiger partial charge >= 0.3 is 0 Å². The number of hydrogen-bond acceptors (Lipinski definition) is 7. The Morgan fingerprint density at radius 1 is 1.16 bits per heavy atom. The van der Waals surface area contributed by atoms with E-state index < -0.39 is 0 Å². The largest absolute Gasteiger partial charge is 0.486 e. The Balaban J connectivity index is 1.38. The van der Waals surface area contributed by atoms with Crippen molar-refractivity contribution in [1.29, 1.82) is 0 Å². The summed E-state index contributed by atoms with van der Waals surface area (Å²) in [5, 5.41) is 12.3. The number of thioether (sulfide) groups is 1. The van der Waals surface area contributed by atoms with Gasteiger partial charge in [0.25, 0.3) is 0 Å². The molecule has 4 rings (SSSR count). The molecule has 8 nitrogen and oxygen atoms in total. The van der Waals surface area contributed by atoms with Gasteiger partial charge in [-0.25, -0.2) is 0 Å². The van der Waals surface area contributed by atoms with E-state index in [0.29, 0.717) is 30.7 Å². The van der Waals surface area contributed by atoms with E-state index in [1.54, 1.807) is 6.26 Å². The Hall–Kier alpha value is -2.94. The third-order valence-electron chi connectivity index (χ3n) is 4.93. The Morgan fingerprint density at radius 3 is 2.71 bits per heavy atom. The minimum Gasteiger partial charge on any atom is -0.486 e. The van der Waals surface area contributed by atoms with Gasteiger partial charge in [-0.1, -0.05) is 31.7 Å². The van der Waals surface area contributed by atoms with Crippen LogP contribution in [0, 0.1) is 0 Å². The zero-order valence-corrected chi connectivity index (χ0v) is 18.6. The molecule has 0 bridgehead atoms. The minimum atomic E-state index is -0.156. The SMILES string of the molecule is CC(C)c1nnc(SCC(=O)NC(C)c2ccc3c(c2)OCCO3)n1Cc1ccco1. The molecular formula is C22H26N4O4S. The lowest BCUT2D eigenvalue weighted by Gasteiger charge is -2.21. The second-order valence-corrected chi connectivity index (χ2v) is 8.58. The Bertz CT molecular complexity index is 1030. The van der Waals surface area contributed by atoms with Gasteiger partial charge in [0.15, 0.2) is 16.7 Å². The second-order valence-electron chi connectivity index (χ2n) is 7.64. The lowest BCUT2D eigenvalue weighted by molar-refractivity contribution is -0.119. The maximum Gasteiger partial charge on any atom is 0.230 e. The zero-order chi connectivity index (χ0) is 21.8. The van der Waals surface area contributed by atoms with Crippen molar-refractivity contribution in [3.63, 3.8) is 0 Å². The summed E-state index contributed by atoms with van der Waals surface area (Å²) in [7, 11) is 0. The fourth-order valence-corrected chi connectivity index (χ4v) is 4.12. The molecule has 1 aromatic carbocycles. The highest BCUT2D eigenvalue weighted by Crippen LogP contribution is 2.32. The van der Waals surface area contributed by atoms with E-state index in [0.717, 1.165) is 22.9 Å². The molecule has 0 saturated heterocycles. The molecule has 1 unspecified atom stereocenters. The van der Waals surface area contributed by atoms with Crippen molar-refractivity contribution >= 4 is 17.7 Å². The molecule has 1 atom stereocenters. The molecule has 164 valence electrons. The summed E-state index contributed by atoms with van der Waals surface area (Å²) in [6, 6.07) is 9.36. The predicted octanol–water partition coefficient (Wildman–Crippen LogP) is 3.78. The highest BCUT2D eigenvalue weighted by molar-refractivity contribution is 7.99. The minimum absolute atomic E-state index is 0.0777. The summed E-state index contributed by atoms with van der Waals surface area (Å²) >= 11 is 1.37. The van der Waals surface area contributed by atoms with Crippen molar-refractivity contribution in [2.75, 3.05) is 19.0 Å². The summed E-state index contributed by atoms with van der Waals surface area (Å²) in [4.78, 5) is 12.6. The third kappa shape index (κ3) is 5.04. The molecular weight excluding hydrogens is 416 g/mol. The van der Waals surface area contributed by atoms with Crippen molar-refractivity contribution in [2.45, 2.75) is 44.4 Å². The molecule has 0 aliphatic carbocycles. The average molecular weight is 443 g/mol. The first-order valence-corrected chi connectivity index (χ1v) is 11.3. The number of amides is 1. The maximum atomic E-state index is 12.6. The van der Waals surface area contributed by atoms with Crippen LogP contribution in [0.5, 0.6) is 11.5 Å². The molecule has 0 fully saturated rings. The van der Waals surface area contributed by atoms with Gasteiger partial charge in [-0.3, -0.25) is 9.36 Å². The van der Waals surface area contributed by atoms with E-state index >= 15 is 0 Å². The molecule has 1 amide bonds. The first-order valence-electron chi connectivity index (χ1n) is 10.3. The van der Waals surface area contributed by atoms with Crippen LogP contribution in [0.2, 0.25) is 0 Å². The third-order valence-corrected chi connectivity index (χ3v) is 5.90. The van der Waals surface area contributed by atoms with E-state index in [9.17, 15) is 4.79 Å². The van der Waals surface area contributed by atoms with E-state index in [1.165, 1.54) is 11.8 Å². The number of nitrogens with zero attached hydrogens (tertiary/aromatic N) is 3. The van der Waals surface area contributed by atoms with E-state index in [4.69, 9.17) is 13.9 Å². The van der Waals surface area contributed by atoms with Crippen molar-refractivity contribution < 1.29 is 18.7 Å². The Morgan fingerprint density at radius 2 is 1.97 bits per heavy atom. The molecule has 0 spiro atoms. The highest BCUT2D eigenvalue weighted by Gasteiger charge is 2.19. The van der Waals surface area contributed by atoms with Crippen LogP contribution >= 0.6 is 11.8 Å². The van der Waals surface area contributed by atoms with E-state index in [1.807, 2.05) is 41.8 Å². The number of nitrogens with one attached hydrogen (secondary N) is 1. The molecule has 31 heavy (non-hydrogen) atoms. The van der Waals surface area contributed by atoms with Crippen LogP contribution < -0.4 is 14.8 Å². The summed E-state index contributed by atoms with van der Waals surface area (Å²) in [6.07, 6.45) is 1.65. The average Bonchev–Trinajstić information content (AvgIpc) is 3.42. The maximum absolute atomic E-state index is 12.6. The molecule has 1 aliphatic rings. The molecule has 1 N–H and O–H groups in total. The van der Waals surface area contributed by atoms with Crippen LogP contribution in [-0.2, 0) is 11.3 Å². The summed E-state index contributed by atoms with van der Waals surface area (Å²) < 4.78 is 18.7. The number of carbonyl (C=O) groups excluding carboxylic acids is 1. The number of furan rings is 1. The first kappa shape index (κ1) is 21.3. The lowest BCUT2D eigenvalue weighted by atomic mass is 10.1. The molecule has 9 heteroatoms. The van der Waals surface area contributed by atoms with Crippen LogP contribution in [-0.4, -0.2) is 39.6 Å². The van der Waals surface area contributed by atoms with Crippen LogP contribution in [0.15, 0.2) is 46.2 Å². The molecule has 3 aromatic rings. The van der Waals surface area contributed by atoms with Gasteiger partial charge in [-0.15, -0.1) is 10.2 Å². The van der Waals surface area contributed by atoms with Crippen LogP contribution in [0.1, 0.15) is 49.9 Å². The number of benzene rings is 1. The Labute approximate surface area is 185 Å². The van der Waals surface area contributed by atoms with Gasteiger partial charge in [-0.2, -0.15) is 0 Å². The van der Waals surface area contributed by atoms with Crippen LogP contribution in [0.4, 0.5) is 0 Å². The van der Waals surface area contributed by atoms with Crippen LogP contribution in [0.25, 0.3) is 0 Å². The predicted molar refractivity (Wildman–Crippen MR) is 117 cm³/mol. The fourth-order valence-electron chi connectivity index (χ4n) is 3.37. The number of fused-ring (bicyclic) bond motifs is 1. The van der Waals surface area contributed by atoms with Gasteiger partial charge in [-0.05, 0) is 36.8 Å². The number of rotatable bonds is 8. The van der Waals surface area contributed by atoms with Gasteiger partial charge in [0, 0.05) is 5.92 Å². The smallest absolute Gasteiger partial charge is 0.230 e. The van der Waals surface area contributed by atoms with Crippen molar-refractivity contribution in [2.24, 2.45) is 0 Å². The van der Waals surface area contributed by atoms with Gasteiger partial charge in [0.05, 0.1) is 24.6 Å². The summed E-state index contributed by atoms with van der Waals surface area (Å²) in [5.74, 6) is 3.51. The monoisotopic (exact) mass is 442 g/mol. The van der Waals surface area contributed by atoms with Gasteiger partial charge in [0.1, 0.15) is 24.8 Å². The van der Waals surface area contributed by atoms with Crippen molar-refractivity contribution in [3.05, 3.63) is 53.7 Å². The lowest BCUT2D eigenvalue weighted by Crippen LogP contribution is -2.28.